The lowest BCUT2D eigenvalue weighted by atomic mass is 10.2. The summed E-state index contributed by atoms with van der Waals surface area (Å²) in [7, 11) is 1.73. The van der Waals surface area contributed by atoms with Crippen LogP contribution >= 0.6 is 0 Å². The maximum Gasteiger partial charge on any atom is 0.119 e. The van der Waals surface area contributed by atoms with E-state index in [0.717, 1.165) is 24.5 Å². The zero-order valence-corrected chi connectivity index (χ0v) is 11.2. The van der Waals surface area contributed by atoms with Crippen LogP contribution in [0.25, 0.3) is 0 Å². The van der Waals surface area contributed by atoms with E-state index in [4.69, 9.17) is 9.47 Å². The molecule has 0 saturated heterocycles. The number of hydrogen-bond acceptors (Lipinski definition) is 3. The number of rotatable bonds is 7. The maximum atomic E-state index is 5.60. The fourth-order valence-corrected chi connectivity index (χ4v) is 1.60. The van der Waals surface area contributed by atoms with Gasteiger partial charge in [-0.15, -0.1) is 0 Å². The van der Waals surface area contributed by atoms with Crippen molar-refractivity contribution < 1.29 is 9.47 Å². The molecule has 0 radical (unpaired) electrons. The molecule has 1 atom stereocenters. The molecule has 0 spiro atoms. The number of methoxy groups -OCH3 is 1. The summed E-state index contributed by atoms with van der Waals surface area (Å²) in [4.78, 5) is 0. The Balaban J connectivity index is 2.54. The fourth-order valence-electron chi connectivity index (χ4n) is 1.60. The summed E-state index contributed by atoms with van der Waals surface area (Å²) in [5, 5.41) is 3.43. The molecule has 1 aromatic rings. The summed E-state index contributed by atoms with van der Waals surface area (Å²) in [6, 6.07) is 8.41. The minimum atomic E-state index is 0.214. The quantitative estimate of drug-likeness (QED) is 0.789. The van der Waals surface area contributed by atoms with E-state index in [1.54, 1.807) is 7.11 Å². The summed E-state index contributed by atoms with van der Waals surface area (Å²) < 4.78 is 10.8. The Hall–Kier alpha value is -1.22. The predicted octanol–water partition coefficient (Wildman–Crippen LogP) is 3.31. The van der Waals surface area contributed by atoms with Crippen molar-refractivity contribution in [1.82, 2.24) is 0 Å². The van der Waals surface area contributed by atoms with Crippen molar-refractivity contribution in [2.75, 3.05) is 19.0 Å². The van der Waals surface area contributed by atoms with Gasteiger partial charge in [0.15, 0.2) is 0 Å². The number of benzene rings is 1. The van der Waals surface area contributed by atoms with Gasteiger partial charge >= 0.3 is 0 Å². The van der Waals surface area contributed by atoms with Gasteiger partial charge in [-0.3, -0.25) is 0 Å². The first-order chi connectivity index (χ1) is 8.15. The number of anilines is 1. The Morgan fingerprint density at radius 3 is 2.29 bits per heavy atom. The molecular formula is C14H23NO2. The molecule has 96 valence electrons. The highest BCUT2D eigenvalue weighted by atomic mass is 16.5. The SMILES string of the molecule is CCC(COC)Nc1ccc(OC(C)C)cc1. The highest BCUT2D eigenvalue weighted by Crippen LogP contribution is 2.18. The highest BCUT2D eigenvalue weighted by molar-refractivity contribution is 5.47. The molecular weight excluding hydrogens is 214 g/mol. The Morgan fingerprint density at radius 2 is 1.82 bits per heavy atom. The van der Waals surface area contributed by atoms with Gasteiger partial charge in [-0.1, -0.05) is 6.92 Å². The van der Waals surface area contributed by atoms with Crippen molar-refractivity contribution in [3.63, 3.8) is 0 Å². The van der Waals surface area contributed by atoms with Crippen LogP contribution in [0.4, 0.5) is 5.69 Å². The maximum absolute atomic E-state index is 5.60. The lowest BCUT2D eigenvalue weighted by Gasteiger charge is -2.17. The third kappa shape index (κ3) is 5.09. The van der Waals surface area contributed by atoms with Gasteiger partial charge in [0.05, 0.1) is 12.7 Å². The van der Waals surface area contributed by atoms with E-state index in [-0.39, 0.29) is 6.10 Å². The van der Waals surface area contributed by atoms with Crippen LogP contribution in [-0.4, -0.2) is 25.9 Å². The minimum Gasteiger partial charge on any atom is -0.491 e. The van der Waals surface area contributed by atoms with Crippen molar-refractivity contribution >= 4 is 5.69 Å². The smallest absolute Gasteiger partial charge is 0.119 e. The normalized spacial score (nSPS) is 12.5. The molecule has 0 fully saturated rings. The zero-order chi connectivity index (χ0) is 12.7. The average molecular weight is 237 g/mol. The molecule has 0 aliphatic rings. The summed E-state index contributed by atoms with van der Waals surface area (Å²) in [5.74, 6) is 0.908. The van der Waals surface area contributed by atoms with Crippen molar-refractivity contribution in [1.29, 1.82) is 0 Å². The highest BCUT2D eigenvalue weighted by Gasteiger charge is 2.05. The second-order valence-corrected chi connectivity index (χ2v) is 4.40. The summed E-state index contributed by atoms with van der Waals surface area (Å²) >= 11 is 0. The zero-order valence-electron chi connectivity index (χ0n) is 11.2. The molecule has 1 unspecified atom stereocenters. The molecule has 0 bridgehead atoms. The van der Waals surface area contributed by atoms with Crippen LogP contribution in [-0.2, 0) is 4.74 Å². The largest absolute Gasteiger partial charge is 0.491 e. The van der Waals surface area contributed by atoms with E-state index in [9.17, 15) is 0 Å². The van der Waals surface area contributed by atoms with E-state index >= 15 is 0 Å². The van der Waals surface area contributed by atoms with E-state index in [1.807, 2.05) is 38.1 Å². The number of nitrogens with one attached hydrogen (secondary N) is 1. The van der Waals surface area contributed by atoms with Crippen LogP contribution in [0.5, 0.6) is 5.75 Å². The van der Waals surface area contributed by atoms with E-state index in [2.05, 4.69) is 12.2 Å². The summed E-state index contributed by atoms with van der Waals surface area (Å²) in [5.41, 5.74) is 1.10. The van der Waals surface area contributed by atoms with Gasteiger partial charge in [-0.05, 0) is 44.5 Å². The molecule has 3 heteroatoms. The van der Waals surface area contributed by atoms with Crippen molar-refractivity contribution in [2.45, 2.75) is 39.3 Å². The van der Waals surface area contributed by atoms with Crippen LogP contribution in [0.2, 0.25) is 0 Å². The number of ether oxygens (including phenoxy) is 2. The first-order valence-corrected chi connectivity index (χ1v) is 6.18. The molecule has 17 heavy (non-hydrogen) atoms. The molecule has 0 aromatic heterocycles. The third-order valence-corrected chi connectivity index (χ3v) is 2.46. The Morgan fingerprint density at radius 1 is 1.18 bits per heavy atom. The summed E-state index contributed by atoms with van der Waals surface area (Å²) in [6.45, 7) is 6.92. The van der Waals surface area contributed by atoms with Crippen LogP contribution in [0, 0.1) is 0 Å². The molecule has 0 aliphatic carbocycles. The van der Waals surface area contributed by atoms with E-state index < -0.39 is 0 Å². The molecule has 0 aliphatic heterocycles. The van der Waals surface area contributed by atoms with Gasteiger partial charge in [0.1, 0.15) is 5.75 Å². The first-order valence-electron chi connectivity index (χ1n) is 6.18. The molecule has 0 amide bonds. The van der Waals surface area contributed by atoms with Crippen molar-refractivity contribution in [3.05, 3.63) is 24.3 Å². The molecule has 0 heterocycles. The van der Waals surface area contributed by atoms with Crippen LogP contribution < -0.4 is 10.1 Å². The van der Waals surface area contributed by atoms with E-state index in [1.165, 1.54) is 0 Å². The van der Waals surface area contributed by atoms with Crippen molar-refractivity contribution in [3.8, 4) is 5.75 Å². The first kappa shape index (κ1) is 13.8. The van der Waals surface area contributed by atoms with Gasteiger partial charge in [0.2, 0.25) is 0 Å². The van der Waals surface area contributed by atoms with Crippen LogP contribution in [0.3, 0.4) is 0 Å². The monoisotopic (exact) mass is 237 g/mol. The van der Waals surface area contributed by atoms with Crippen LogP contribution in [0.1, 0.15) is 27.2 Å². The minimum absolute atomic E-state index is 0.214. The second kappa shape index (κ2) is 7.17. The second-order valence-electron chi connectivity index (χ2n) is 4.40. The number of hydrogen-bond donors (Lipinski definition) is 1. The third-order valence-electron chi connectivity index (χ3n) is 2.46. The molecule has 1 rings (SSSR count). The van der Waals surface area contributed by atoms with Gasteiger partial charge in [0, 0.05) is 18.8 Å². The Bertz CT molecular complexity index is 309. The van der Waals surface area contributed by atoms with Crippen LogP contribution in [0.15, 0.2) is 24.3 Å². The lowest BCUT2D eigenvalue weighted by Crippen LogP contribution is -2.23. The average Bonchev–Trinajstić information content (AvgIpc) is 2.30. The lowest BCUT2D eigenvalue weighted by molar-refractivity contribution is 0.184. The van der Waals surface area contributed by atoms with Gasteiger partial charge in [-0.2, -0.15) is 0 Å². The van der Waals surface area contributed by atoms with E-state index in [0.29, 0.717) is 6.04 Å². The topological polar surface area (TPSA) is 30.5 Å². The summed E-state index contributed by atoms with van der Waals surface area (Å²) in [6.07, 6.45) is 1.25. The van der Waals surface area contributed by atoms with Gasteiger partial charge in [0.25, 0.3) is 0 Å². The van der Waals surface area contributed by atoms with Gasteiger partial charge < -0.3 is 14.8 Å². The molecule has 1 aromatic carbocycles. The molecule has 1 N–H and O–H groups in total. The fraction of sp³-hybridized carbons (Fsp3) is 0.571. The Labute approximate surface area is 104 Å². The van der Waals surface area contributed by atoms with Crippen molar-refractivity contribution in [2.24, 2.45) is 0 Å². The Kier molecular flexibility index (Phi) is 5.84. The molecule has 3 nitrogen and oxygen atoms in total. The van der Waals surface area contributed by atoms with Gasteiger partial charge in [-0.25, -0.2) is 0 Å². The standard InChI is InChI=1S/C14H23NO2/c1-5-12(10-16-4)15-13-6-8-14(9-7-13)17-11(2)3/h6-9,11-12,15H,5,10H2,1-4H3. The predicted molar refractivity (Wildman–Crippen MR) is 71.8 cm³/mol. The molecule has 0 saturated carbocycles.